The van der Waals surface area contributed by atoms with Crippen molar-refractivity contribution in [3.8, 4) is 11.4 Å². The Kier molecular flexibility index (Phi) is 2.99. The van der Waals surface area contributed by atoms with Crippen molar-refractivity contribution >= 4 is 29.4 Å². The summed E-state index contributed by atoms with van der Waals surface area (Å²) in [7, 11) is 0. The molecule has 0 atom stereocenters. The summed E-state index contributed by atoms with van der Waals surface area (Å²) in [5.74, 6) is -0.473. The van der Waals surface area contributed by atoms with Gasteiger partial charge in [-0.25, -0.2) is 4.90 Å². The number of amides is 2. The Balaban J connectivity index is 1.75. The zero-order chi connectivity index (χ0) is 16.0. The summed E-state index contributed by atoms with van der Waals surface area (Å²) in [5, 5.41) is 7.20. The van der Waals surface area contributed by atoms with Gasteiger partial charge in [-0.1, -0.05) is 35.9 Å². The molecule has 2 heterocycles. The third-order valence-electron chi connectivity index (χ3n) is 3.60. The third kappa shape index (κ3) is 2.03. The number of H-pyrrole nitrogens is 1. The molecular weight excluding hydrogens is 316 g/mol. The first-order chi connectivity index (χ1) is 11.2. The Hall–Kier alpha value is -2.99. The van der Waals surface area contributed by atoms with Crippen molar-refractivity contribution in [3.63, 3.8) is 0 Å². The average molecular weight is 325 g/mol. The van der Waals surface area contributed by atoms with Crippen LogP contribution in [0.15, 0.2) is 48.5 Å². The van der Waals surface area contributed by atoms with Crippen LogP contribution in [-0.2, 0) is 0 Å². The maximum atomic E-state index is 12.4. The highest BCUT2D eigenvalue weighted by atomic mass is 35.5. The lowest BCUT2D eigenvalue weighted by molar-refractivity contribution is 0.0924. The Labute approximate surface area is 135 Å². The summed E-state index contributed by atoms with van der Waals surface area (Å²) in [4.78, 5) is 30.0. The molecule has 112 valence electrons. The van der Waals surface area contributed by atoms with Crippen LogP contribution in [0.1, 0.15) is 20.7 Å². The normalized spacial score (nSPS) is 13.5. The number of rotatable bonds is 2. The Bertz CT molecular complexity index is 916. The number of hydrogen-bond donors (Lipinski definition) is 1. The van der Waals surface area contributed by atoms with E-state index < -0.39 is 11.8 Å². The first kappa shape index (κ1) is 13.7. The van der Waals surface area contributed by atoms with Crippen molar-refractivity contribution in [2.24, 2.45) is 0 Å². The van der Waals surface area contributed by atoms with Crippen LogP contribution in [-0.4, -0.2) is 27.0 Å². The van der Waals surface area contributed by atoms with Gasteiger partial charge in [0.15, 0.2) is 5.82 Å². The molecule has 1 aliphatic rings. The number of imide groups is 1. The number of benzene rings is 2. The summed E-state index contributed by atoms with van der Waals surface area (Å²) >= 11 is 6.12. The van der Waals surface area contributed by atoms with E-state index in [1.165, 1.54) is 0 Å². The lowest BCUT2D eigenvalue weighted by Crippen LogP contribution is -2.30. The van der Waals surface area contributed by atoms with Crippen molar-refractivity contribution in [3.05, 3.63) is 64.7 Å². The maximum Gasteiger partial charge on any atom is 0.268 e. The maximum absolute atomic E-state index is 12.4. The Morgan fingerprint density at radius 2 is 1.43 bits per heavy atom. The lowest BCUT2D eigenvalue weighted by Gasteiger charge is -2.07. The third-order valence-corrected chi connectivity index (χ3v) is 3.93. The van der Waals surface area contributed by atoms with E-state index in [0.29, 0.717) is 27.5 Å². The summed E-state index contributed by atoms with van der Waals surface area (Å²) in [6.07, 6.45) is 0. The van der Waals surface area contributed by atoms with Gasteiger partial charge in [0.05, 0.1) is 16.1 Å². The molecule has 7 heteroatoms. The van der Waals surface area contributed by atoms with Crippen molar-refractivity contribution in [1.82, 2.24) is 15.2 Å². The van der Waals surface area contributed by atoms with Crippen LogP contribution >= 0.6 is 11.6 Å². The first-order valence-electron chi connectivity index (χ1n) is 6.82. The molecule has 0 radical (unpaired) electrons. The predicted molar refractivity (Wildman–Crippen MR) is 84.4 cm³/mol. The number of aromatic nitrogens is 3. The molecule has 0 bridgehead atoms. The second-order valence-corrected chi connectivity index (χ2v) is 5.36. The number of hydrogen-bond acceptors (Lipinski definition) is 4. The van der Waals surface area contributed by atoms with Gasteiger partial charge in [-0.2, -0.15) is 4.98 Å². The Morgan fingerprint density at radius 1 is 0.870 bits per heavy atom. The van der Waals surface area contributed by atoms with Crippen LogP contribution in [0.4, 0.5) is 5.95 Å². The van der Waals surface area contributed by atoms with Gasteiger partial charge in [0.1, 0.15) is 0 Å². The lowest BCUT2D eigenvalue weighted by atomic mass is 10.1. The minimum atomic E-state index is -0.435. The van der Waals surface area contributed by atoms with Crippen molar-refractivity contribution < 1.29 is 9.59 Å². The van der Waals surface area contributed by atoms with Gasteiger partial charge >= 0.3 is 0 Å². The number of aromatic amines is 1. The molecule has 1 aromatic heterocycles. The minimum absolute atomic E-state index is 0.00567. The standard InChI is InChI=1S/C16H9ClN4O2/c17-12-8-4-3-7-11(12)13-18-16(20-19-13)21-14(22)9-5-1-2-6-10(9)15(21)23/h1-8H,(H,18,19,20). The predicted octanol–water partition coefficient (Wildman–Crippen LogP) is 2.93. The van der Waals surface area contributed by atoms with E-state index in [-0.39, 0.29) is 5.95 Å². The van der Waals surface area contributed by atoms with Crippen LogP contribution in [0.3, 0.4) is 0 Å². The van der Waals surface area contributed by atoms with Crippen LogP contribution < -0.4 is 4.90 Å². The van der Waals surface area contributed by atoms with Crippen LogP contribution in [0, 0.1) is 0 Å². The Morgan fingerprint density at radius 3 is 2.04 bits per heavy atom. The van der Waals surface area contributed by atoms with Gasteiger partial charge in [0.2, 0.25) is 0 Å². The molecule has 6 nitrogen and oxygen atoms in total. The first-order valence-corrected chi connectivity index (χ1v) is 7.20. The molecular formula is C16H9ClN4O2. The van der Waals surface area contributed by atoms with Crippen molar-refractivity contribution in [2.75, 3.05) is 4.90 Å². The van der Waals surface area contributed by atoms with E-state index in [1.54, 1.807) is 42.5 Å². The van der Waals surface area contributed by atoms with Gasteiger partial charge in [0, 0.05) is 5.56 Å². The van der Waals surface area contributed by atoms with Crippen molar-refractivity contribution in [1.29, 1.82) is 0 Å². The topological polar surface area (TPSA) is 79.0 Å². The molecule has 0 unspecified atom stereocenters. The fourth-order valence-corrected chi connectivity index (χ4v) is 2.72. The highest BCUT2D eigenvalue weighted by Gasteiger charge is 2.38. The van der Waals surface area contributed by atoms with E-state index >= 15 is 0 Å². The molecule has 0 aliphatic carbocycles. The molecule has 0 saturated carbocycles. The molecule has 0 spiro atoms. The number of nitrogens with one attached hydrogen (secondary N) is 1. The van der Waals surface area contributed by atoms with Gasteiger partial charge in [-0.15, -0.1) is 5.10 Å². The van der Waals surface area contributed by atoms with Crippen molar-refractivity contribution in [2.45, 2.75) is 0 Å². The summed E-state index contributed by atoms with van der Waals surface area (Å²) in [6, 6.07) is 13.7. The SMILES string of the molecule is O=C1c2ccccc2C(=O)N1c1n[nH]c(-c2ccccc2Cl)n1. The molecule has 0 fully saturated rings. The molecule has 2 aromatic carbocycles. The monoisotopic (exact) mass is 324 g/mol. The molecule has 23 heavy (non-hydrogen) atoms. The number of nitrogens with zero attached hydrogens (tertiary/aromatic N) is 3. The number of anilines is 1. The zero-order valence-electron chi connectivity index (χ0n) is 11.7. The fraction of sp³-hybridized carbons (Fsp3) is 0. The number of carbonyl (C=O) groups is 2. The molecule has 1 N–H and O–H groups in total. The number of carbonyl (C=O) groups excluding carboxylic acids is 2. The largest absolute Gasteiger partial charge is 0.268 e. The fourth-order valence-electron chi connectivity index (χ4n) is 2.50. The number of fused-ring (bicyclic) bond motifs is 1. The summed E-state index contributed by atoms with van der Waals surface area (Å²) in [5.41, 5.74) is 1.34. The van der Waals surface area contributed by atoms with Gasteiger partial charge in [0.25, 0.3) is 17.8 Å². The van der Waals surface area contributed by atoms with Crippen LogP contribution in [0.2, 0.25) is 5.02 Å². The summed E-state index contributed by atoms with van der Waals surface area (Å²) < 4.78 is 0. The molecule has 2 amide bonds. The van der Waals surface area contributed by atoms with Gasteiger partial charge in [-0.05, 0) is 24.3 Å². The van der Waals surface area contributed by atoms with E-state index in [4.69, 9.17) is 11.6 Å². The highest BCUT2D eigenvalue weighted by Crippen LogP contribution is 2.29. The second kappa shape index (κ2) is 5.03. The van der Waals surface area contributed by atoms with Crippen LogP contribution in [0.5, 0.6) is 0 Å². The quantitative estimate of drug-likeness (QED) is 0.735. The molecule has 4 rings (SSSR count). The van der Waals surface area contributed by atoms with E-state index in [0.717, 1.165) is 4.90 Å². The molecule has 3 aromatic rings. The minimum Gasteiger partial charge on any atom is -0.268 e. The van der Waals surface area contributed by atoms with Gasteiger partial charge in [-0.3, -0.25) is 14.7 Å². The highest BCUT2D eigenvalue weighted by molar-refractivity contribution is 6.34. The molecule has 1 aliphatic heterocycles. The van der Waals surface area contributed by atoms with E-state index in [9.17, 15) is 9.59 Å². The number of halogens is 1. The van der Waals surface area contributed by atoms with E-state index in [1.807, 2.05) is 6.07 Å². The van der Waals surface area contributed by atoms with Gasteiger partial charge < -0.3 is 0 Å². The zero-order valence-corrected chi connectivity index (χ0v) is 12.4. The molecule has 0 saturated heterocycles. The van der Waals surface area contributed by atoms with E-state index in [2.05, 4.69) is 15.2 Å². The average Bonchev–Trinajstić information content (AvgIpc) is 3.13. The summed E-state index contributed by atoms with van der Waals surface area (Å²) in [6.45, 7) is 0. The smallest absolute Gasteiger partial charge is 0.268 e. The van der Waals surface area contributed by atoms with Crippen LogP contribution in [0.25, 0.3) is 11.4 Å². The second-order valence-electron chi connectivity index (χ2n) is 4.96.